The number of amides is 1. The number of halogens is 1. The van der Waals surface area contributed by atoms with Crippen molar-refractivity contribution in [2.24, 2.45) is 5.92 Å². The van der Waals surface area contributed by atoms with Crippen LogP contribution in [0.1, 0.15) is 48.6 Å². The van der Waals surface area contributed by atoms with E-state index in [-0.39, 0.29) is 17.4 Å². The molecular formula is C30H32ClN3O4. The average Bonchev–Trinajstić information content (AvgIpc) is 2.90. The van der Waals surface area contributed by atoms with Gasteiger partial charge in [-0.3, -0.25) is 14.2 Å². The van der Waals surface area contributed by atoms with Crippen molar-refractivity contribution >= 4 is 28.4 Å². The number of benzene rings is 3. The summed E-state index contributed by atoms with van der Waals surface area (Å²) in [4.78, 5) is 34.5. The van der Waals surface area contributed by atoms with E-state index in [9.17, 15) is 9.59 Å². The molecule has 7 nitrogen and oxygen atoms in total. The molecule has 0 N–H and O–H groups in total. The Hall–Kier alpha value is -3.84. The fourth-order valence-electron chi connectivity index (χ4n) is 4.45. The van der Waals surface area contributed by atoms with Gasteiger partial charge in [0.2, 0.25) is 0 Å². The molecule has 0 spiro atoms. The Balaban J connectivity index is 1.93. The molecule has 0 bridgehead atoms. The highest BCUT2D eigenvalue weighted by Gasteiger charge is 2.29. The number of nitrogens with zero attached hydrogens (tertiary/aromatic N) is 3. The van der Waals surface area contributed by atoms with Crippen LogP contribution >= 0.6 is 11.6 Å². The second-order valence-corrected chi connectivity index (χ2v) is 10.2. The van der Waals surface area contributed by atoms with Gasteiger partial charge >= 0.3 is 0 Å². The molecule has 4 aromatic rings. The summed E-state index contributed by atoms with van der Waals surface area (Å²) in [5.74, 6) is 1.40. The predicted molar refractivity (Wildman–Crippen MR) is 151 cm³/mol. The van der Waals surface area contributed by atoms with Gasteiger partial charge in [-0.1, -0.05) is 43.1 Å². The molecule has 3 aromatic carbocycles. The molecule has 1 heterocycles. The first kappa shape index (κ1) is 27.2. The van der Waals surface area contributed by atoms with Crippen molar-refractivity contribution in [3.05, 3.63) is 93.0 Å². The maximum Gasteiger partial charge on any atom is 0.266 e. The zero-order chi connectivity index (χ0) is 27.6. The van der Waals surface area contributed by atoms with Crippen molar-refractivity contribution in [2.75, 3.05) is 20.8 Å². The zero-order valence-electron chi connectivity index (χ0n) is 22.5. The van der Waals surface area contributed by atoms with Crippen LogP contribution in [0, 0.1) is 12.8 Å². The number of aryl methyl sites for hydroxylation is 1. The maximum atomic E-state index is 14.0. The van der Waals surface area contributed by atoms with Gasteiger partial charge in [0.1, 0.15) is 17.3 Å². The predicted octanol–water partition coefficient (Wildman–Crippen LogP) is 6.22. The third kappa shape index (κ3) is 5.53. The van der Waals surface area contributed by atoms with Crippen LogP contribution < -0.4 is 15.0 Å². The summed E-state index contributed by atoms with van der Waals surface area (Å²) in [7, 11) is 3.09. The van der Waals surface area contributed by atoms with E-state index in [1.807, 2.05) is 52.0 Å². The van der Waals surface area contributed by atoms with E-state index in [4.69, 9.17) is 26.1 Å². The summed E-state index contributed by atoms with van der Waals surface area (Å²) in [6.45, 7) is 8.40. The molecule has 198 valence electrons. The normalized spacial score (nSPS) is 12.0. The van der Waals surface area contributed by atoms with Crippen molar-refractivity contribution in [3.8, 4) is 17.2 Å². The van der Waals surface area contributed by atoms with E-state index >= 15 is 0 Å². The van der Waals surface area contributed by atoms with Crippen LogP contribution in [0.3, 0.4) is 0 Å². The largest absolute Gasteiger partial charge is 0.497 e. The van der Waals surface area contributed by atoms with Gasteiger partial charge < -0.3 is 14.4 Å². The van der Waals surface area contributed by atoms with Gasteiger partial charge in [-0.15, -0.1) is 0 Å². The van der Waals surface area contributed by atoms with E-state index in [0.29, 0.717) is 51.0 Å². The standard InChI is InChI=1S/C30H32ClN3O4/c1-18(2)17-33(29(35)21-13-24(37-5)16-25(14-21)38-6)20(4)28-32-27-15-22(31)9-12-26(27)30(36)34(28)23-10-7-19(3)8-11-23/h7-16,18,20H,17H2,1-6H3. The molecule has 0 aliphatic rings. The molecular weight excluding hydrogens is 502 g/mol. The first-order valence-electron chi connectivity index (χ1n) is 12.5. The van der Waals surface area contributed by atoms with Gasteiger partial charge in [0.25, 0.3) is 11.5 Å². The lowest BCUT2D eigenvalue weighted by atomic mass is 10.1. The number of hydrogen-bond donors (Lipinski definition) is 0. The van der Waals surface area contributed by atoms with E-state index in [2.05, 4.69) is 0 Å². The molecule has 38 heavy (non-hydrogen) atoms. The van der Waals surface area contributed by atoms with Crippen LogP contribution in [-0.4, -0.2) is 41.1 Å². The minimum atomic E-state index is -0.556. The lowest BCUT2D eigenvalue weighted by molar-refractivity contribution is 0.0654. The molecule has 0 aliphatic carbocycles. The van der Waals surface area contributed by atoms with Crippen LogP contribution in [-0.2, 0) is 0 Å². The topological polar surface area (TPSA) is 73.7 Å². The molecule has 1 atom stereocenters. The smallest absolute Gasteiger partial charge is 0.266 e. The Morgan fingerprint density at radius 3 is 2.18 bits per heavy atom. The van der Waals surface area contributed by atoms with E-state index in [1.165, 1.54) is 0 Å². The minimum absolute atomic E-state index is 0.156. The summed E-state index contributed by atoms with van der Waals surface area (Å²) in [6, 6.07) is 17.2. The van der Waals surface area contributed by atoms with Crippen LogP contribution in [0.4, 0.5) is 0 Å². The molecule has 0 saturated heterocycles. The Kier molecular flexibility index (Phi) is 8.07. The van der Waals surface area contributed by atoms with E-state index < -0.39 is 6.04 Å². The summed E-state index contributed by atoms with van der Waals surface area (Å²) in [5, 5.41) is 0.930. The second-order valence-electron chi connectivity index (χ2n) is 9.74. The lowest BCUT2D eigenvalue weighted by Gasteiger charge is -2.32. The fraction of sp³-hybridized carbons (Fsp3) is 0.300. The number of fused-ring (bicyclic) bond motifs is 1. The van der Waals surface area contributed by atoms with E-state index in [1.54, 1.807) is 60.1 Å². The van der Waals surface area contributed by atoms with Crippen LogP contribution in [0.15, 0.2) is 65.5 Å². The van der Waals surface area contributed by atoms with Crippen molar-refractivity contribution in [1.82, 2.24) is 14.5 Å². The molecule has 1 unspecified atom stereocenters. The fourth-order valence-corrected chi connectivity index (χ4v) is 4.61. The van der Waals surface area contributed by atoms with Crippen molar-refractivity contribution in [2.45, 2.75) is 33.7 Å². The Morgan fingerprint density at radius 2 is 1.61 bits per heavy atom. The number of methoxy groups -OCH3 is 2. The van der Waals surface area contributed by atoms with E-state index in [0.717, 1.165) is 5.56 Å². The first-order valence-corrected chi connectivity index (χ1v) is 12.8. The van der Waals surface area contributed by atoms with Gasteiger partial charge in [-0.2, -0.15) is 0 Å². The minimum Gasteiger partial charge on any atom is -0.497 e. The van der Waals surface area contributed by atoms with Gasteiger partial charge in [0, 0.05) is 23.2 Å². The summed E-state index contributed by atoms with van der Waals surface area (Å²) < 4.78 is 12.4. The number of carbonyl (C=O) groups excluding carboxylic acids is 1. The second kappa shape index (κ2) is 11.3. The monoisotopic (exact) mass is 533 g/mol. The number of carbonyl (C=O) groups is 1. The zero-order valence-corrected chi connectivity index (χ0v) is 23.2. The Bertz CT molecular complexity index is 1510. The van der Waals surface area contributed by atoms with Gasteiger partial charge in [0.15, 0.2) is 0 Å². The van der Waals surface area contributed by atoms with Crippen LogP contribution in [0.5, 0.6) is 11.5 Å². The number of rotatable bonds is 8. The average molecular weight is 534 g/mol. The highest BCUT2D eigenvalue weighted by Crippen LogP contribution is 2.29. The Labute approximate surface area is 227 Å². The van der Waals surface area contributed by atoms with Gasteiger partial charge in [-0.05, 0) is 62.2 Å². The lowest BCUT2D eigenvalue weighted by Crippen LogP contribution is -2.39. The molecule has 8 heteroatoms. The molecule has 1 aromatic heterocycles. The van der Waals surface area contributed by atoms with Crippen molar-refractivity contribution in [1.29, 1.82) is 0 Å². The van der Waals surface area contributed by atoms with Gasteiger partial charge in [-0.25, -0.2) is 4.98 Å². The number of ether oxygens (including phenoxy) is 2. The molecule has 0 saturated carbocycles. The maximum absolute atomic E-state index is 14.0. The third-order valence-electron chi connectivity index (χ3n) is 6.41. The molecule has 0 radical (unpaired) electrons. The Morgan fingerprint density at radius 1 is 0.974 bits per heavy atom. The summed E-state index contributed by atoms with van der Waals surface area (Å²) >= 11 is 6.26. The van der Waals surface area contributed by atoms with Crippen molar-refractivity contribution in [3.63, 3.8) is 0 Å². The highest BCUT2D eigenvalue weighted by molar-refractivity contribution is 6.31. The summed E-state index contributed by atoms with van der Waals surface area (Å²) in [6.07, 6.45) is 0. The quantitative estimate of drug-likeness (QED) is 0.268. The third-order valence-corrected chi connectivity index (χ3v) is 6.65. The summed E-state index contributed by atoms with van der Waals surface area (Å²) in [5.41, 5.74) is 2.42. The van der Waals surface area contributed by atoms with Crippen LogP contribution in [0.25, 0.3) is 16.6 Å². The molecule has 1 amide bonds. The first-order chi connectivity index (χ1) is 18.1. The van der Waals surface area contributed by atoms with Gasteiger partial charge in [0.05, 0.1) is 36.9 Å². The number of aromatic nitrogens is 2. The highest BCUT2D eigenvalue weighted by atomic mass is 35.5. The molecule has 0 fully saturated rings. The SMILES string of the molecule is COc1cc(OC)cc(C(=O)N(CC(C)C)C(C)c2nc3cc(Cl)ccc3c(=O)n2-c2ccc(C)cc2)c1. The number of hydrogen-bond acceptors (Lipinski definition) is 5. The molecule has 4 rings (SSSR count). The molecule has 0 aliphatic heterocycles. The van der Waals surface area contributed by atoms with Crippen LogP contribution in [0.2, 0.25) is 5.02 Å². The van der Waals surface area contributed by atoms with Crippen molar-refractivity contribution < 1.29 is 14.3 Å².